The van der Waals surface area contributed by atoms with Crippen molar-refractivity contribution < 1.29 is 4.79 Å². The monoisotopic (exact) mass is 273 g/mol. The number of likely N-dealkylation sites (N-methyl/N-ethyl adjacent to an activating group) is 1. The van der Waals surface area contributed by atoms with Gasteiger partial charge >= 0.3 is 0 Å². The minimum absolute atomic E-state index is 0.589. The van der Waals surface area contributed by atoms with Gasteiger partial charge in [0, 0.05) is 45.3 Å². The second-order valence-corrected chi connectivity index (χ2v) is 5.29. The van der Waals surface area contributed by atoms with Crippen molar-refractivity contribution in [2.45, 2.75) is 6.42 Å². The highest BCUT2D eigenvalue weighted by molar-refractivity contribution is 5.83. The van der Waals surface area contributed by atoms with Crippen molar-refractivity contribution in [3.8, 4) is 0 Å². The Kier molecular flexibility index (Phi) is 3.75. The van der Waals surface area contributed by atoms with Gasteiger partial charge in [0.25, 0.3) is 0 Å². The van der Waals surface area contributed by atoms with Crippen LogP contribution in [0.3, 0.4) is 0 Å². The molecule has 20 heavy (non-hydrogen) atoms. The highest BCUT2D eigenvalue weighted by Crippen LogP contribution is 2.09. The molecule has 1 saturated heterocycles. The molecule has 0 aliphatic carbocycles. The molecule has 2 aromatic heterocycles. The SMILES string of the molecule is CN1CCN(CCc2nnc3c(C=O)cccn23)CC1. The summed E-state index contributed by atoms with van der Waals surface area (Å²) in [5, 5.41) is 8.34. The molecule has 1 aliphatic heterocycles. The van der Waals surface area contributed by atoms with Crippen LogP contribution >= 0.6 is 0 Å². The lowest BCUT2D eigenvalue weighted by atomic mass is 10.2. The van der Waals surface area contributed by atoms with Gasteiger partial charge < -0.3 is 9.80 Å². The molecule has 2 aromatic rings. The molecule has 6 nitrogen and oxygen atoms in total. The first kappa shape index (κ1) is 13.2. The first-order chi connectivity index (χ1) is 9.78. The summed E-state index contributed by atoms with van der Waals surface area (Å²) in [5.74, 6) is 0.919. The van der Waals surface area contributed by atoms with Crippen LogP contribution < -0.4 is 0 Å². The molecular formula is C14H19N5O. The Balaban J connectivity index is 1.70. The number of hydrogen-bond acceptors (Lipinski definition) is 5. The second kappa shape index (κ2) is 5.68. The molecule has 0 atom stereocenters. The van der Waals surface area contributed by atoms with Crippen LogP contribution in [0, 0.1) is 0 Å². The number of hydrogen-bond donors (Lipinski definition) is 0. The zero-order chi connectivity index (χ0) is 13.9. The average Bonchev–Trinajstić information content (AvgIpc) is 2.90. The number of aromatic nitrogens is 3. The molecule has 0 N–H and O–H groups in total. The fourth-order valence-corrected chi connectivity index (χ4v) is 2.58. The largest absolute Gasteiger partial charge is 0.304 e. The van der Waals surface area contributed by atoms with Crippen LogP contribution in [0.5, 0.6) is 0 Å². The lowest BCUT2D eigenvalue weighted by Crippen LogP contribution is -2.45. The lowest BCUT2D eigenvalue weighted by Gasteiger charge is -2.32. The summed E-state index contributed by atoms with van der Waals surface area (Å²) in [7, 11) is 2.16. The topological polar surface area (TPSA) is 53.7 Å². The standard InChI is InChI=1S/C14H19N5O/c1-17-7-9-18(10-8-17)6-4-13-15-16-14-12(11-20)3-2-5-19(13)14/h2-3,5,11H,4,6-10H2,1H3. The maximum Gasteiger partial charge on any atom is 0.171 e. The fourth-order valence-electron chi connectivity index (χ4n) is 2.58. The van der Waals surface area contributed by atoms with Gasteiger partial charge in [-0.1, -0.05) is 0 Å². The van der Waals surface area contributed by atoms with Crippen LogP contribution in [0.4, 0.5) is 0 Å². The van der Waals surface area contributed by atoms with E-state index in [-0.39, 0.29) is 0 Å². The molecule has 1 aliphatic rings. The van der Waals surface area contributed by atoms with Gasteiger partial charge in [0.1, 0.15) is 5.82 Å². The van der Waals surface area contributed by atoms with Crippen molar-refractivity contribution in [1.82, 2.24) is 24.4 Å². The maximum atomic E-state index is 11.0. The van der Waals surface area contributed by atoms with Crippen molar-refractivity contribution in [3.63, 3.8) is 0 Å². The van der Waals surface area contributed by atoms with Crippen LogP contribution in [0.2, 0.25) is 0 Å². The third-order valence-electron chi connectivity index (χ3n) is 3.91. The number of rotatable bonds is 4. The van der Waals surface area contributed by atoms with Crippen molar-refractivity contribution in [3.05, 3.63) is 29.7 Å². The highest BCUT2D eigenvalue weighted by Gasteiger charge is 2.15. The van der Waals surface area contributed by atoms with Crippen LogP contribution in [0.1, 0.15) is 16.2 Å². The number of fused-ring (bicyclic) bond motifs is 1. The predicted octanol–water partition coefficient (Wildman–Crippen LogP) is 0.332. The molecule has 3 heterocycles. The Hall–Kier alpha value is -1.79. The van der Waals surface area contributed by atoms with Gasteiger partial charge in [-0.2, -0.15) is 0 Å². The summed E-state index contributed by atoms with van der Waals surface area (Å²) < 4.78 is 1.92. The van der Waals surface area contributed by atoms with E-state index in [4.69, 9.17) is 0 Å². The Morgan fingerprint density at radius 2 is 2.05 bits per heavy atom. The maximum absolute atomic E-state index is 11.0. The summed E-state index contributed by atoms with van der Waals surface area (Å²) >= 11 is 0. The summed E-state index contributed by atoms with van der Waals surface area (Å²) in [6.45, 7) is 5.44. The molecule has 1 fully saturated rings. The Morgan fingerprint density at radius 3 is 2.80 bits per heavy atom. The van der Waals surface area contributed by atoms with Crippen molar-refractivity contribution in [1.29, 1.82) is 0 Å². The molecule has 0 amide bonds. The van der Waals surface area contributed by atoms with E-state index in [9.17, 15) is 4.79 Å². The fraction of sp³-hybridized carbons (Fsp3) is 0.500. The van der Waals surface area contributed by atoms with Gasteiger partial charge in [0.2, 0.25) is 0 Å². The molecule has 3 rings (SSSR count). The first-order valence-electron chi connectivity index (χ1n) is 6.96. The van der Waals surface area contributed by atoms with Gasteiger partial charge in [-0.3, -0.25) is 9.20 Å². The summed E-state index contributed by atoms with van der Waals surface area (Å²) in [4.78, 5) is 15.8. The number of pyridine rings is 1. The van der Waals surface area contributed by atoms with Gasteiger partial charge in [-0.15, -0.1) is 10.2 Å². The molecule has 0 spiro atoms. The van der Waals surface area contributed by atoms with E-state index < -0.39 is 0 Å². The number of carbonyl (C=O) groups excluding carboxylic acids is 1. The molecule has 6 heteroatoms. The third kappa shape index (κ3) is 2.57. The van der Waals surface area contributed by atoms with Crippen molar-refractivity contribution in [2.75, 3.05) is 39.8 Å². The quantitative estimate of drug-likeness (QED) is 0.752. The number of nitrogens with zero attached hydrogens (tertiary/aromatic N) is 5. The Bertz CT molecular complexity index is 601. The lowest BCUT2D eigenvalue weighted by molar-refractivity contribution is 0.112. The molecular weight excluding hydrogens is 254 g/mol. The zero-order valence-electron chi connectivity index (χ0n) is 11.7. The van der Waals surface area contributed by atoms with E-state index in [0.29, 0.717) is 11.2 Å². The smallest absolute Gasteiger partial charge is 0.171 e. The molecule has 0 unspecified atom stereocenters. The second-order valence-electron chi connectivity index (χ2n) is 5.29. The third-order valence-corrected chi connectivity index (χ3v) is 3.91. The van der Waals surface area contributed by atoms with Crippen molar-refractivity contribution >= 4 is 11.9 Å². The van der Waals surface area contributed by atoms with Crippen LogP contribution in [-0.2, 0) is 6.42 Å². The number of aldehydes is 1. The van der Waals surface area contributed by atoms with E-state index in [0.717, 1.165) is 51.3 Å². The van der Waals surface area contributed by atoms with E-state index in [1.165, 1.54) is 0 Å². The average molecular weight is 273 g/mol. The van der Waals surface area contributed by atoms with E-state index >= 15 is 0 Å². The zero-order valence-corrected chi connectivity index (χ0v) is 11.7. The minimum atomic E-state index is 0.589. The van der Waals surface area contributed by atoms with Gasteiger partial charge in [-0.05, 0) is 19.2 Å². The molecule has 106 valence electrons. The van der Waals surface area contributed by atoms with Gasteiger partial charge in [0.15, 0.2) is 11.9 Å². The van der Waals surface area contributed by atoms with Crippen LogP contribution in [0.15, 0.2) is 18.3 Å². The van der Waals surface area contributed by atoms with Crippen LogP contribution in [-0.4, -0.2) is 70.5 Å². The van der Waals surface area contributed by atoms with E-state index in [2.05, 4.69) is 27.0 Å². The summed E-state index contributed by atoms with van der Waals surface area (Å²) in [6.07, 6.45) is 3.60. The Labute approximate surface area is 118 Å². The molecule has 0 bridgehead atoms. The number of carbonyl (C=O) groups is 1. The predicted molar refractivity (Wildman–Crippen MR) is 76.0 cm³/mol. The highest BCUT2D eigenvalue weighted by atomic mass is 16.1. The molecule has 0 saturated carbocycles. The first-order valence-corrected chi connectivity index (χ1v) is 6.96. The Morgan fingerprint density at radius 1 is 1.25 bits per heavy atom. The summed E-state index contributed by atoms with van der Waals surface area (Å²) in [5.41, 5.74) is 1.24. The number of piperazine rings is 1. The van der Waals surface area contributed by atoms with E-state index in [1.54, 1.807) is 6.07 Å². The summed E-state index contributed by atoms with van der Waals surface area (Å²) in [6, 6.07) is 3.63. The van der Waals surface area contributed by atoms with Gasteiger partial charge in [0.05, 0.1) is 5.56 Å². The molecule has 0 radical (unpaired) electrons. The van der Waals surface area contributed by atoms with Gasteiger partial charge in [-0.25, -0.2) is 0 Å². The normalized spacial score (nSPS) is 17.6. The van der Waals surface area contributed by atoms with Crippen molar-refractivity contribution in [2.24, 2.45) is 0 Å². The van der Waals surface area contributed by atoms with Crippen LogP contribution in [0.25, 0.3) is 5.65 Å². The van der Waals surface area contributed by atoms with E-state index in [1.807, 2.05) is 16.7 Å². The molecule has 0 aromatic carbocycles. The minimum Gasteiger partial charge on any atom is -0.304 e.